The Kier molecular flexibility index (Phi) is 3.71. The van der Waals surface area contributed by atoms with Gasteiger partial charge in [-0.05, 0) is 24.3 Å². The molecule has 1 aliphatic rings. The molecule has 0 spiro atoms. The lowest BCUT2D eigenvalue weighted by Crippen LogP contribution is -2.58. The quantitative estimate of drug-likeness (QED) is 0.748. The van der Waals surface area contributed by atoms with Crippen molar-refractivity contribution in [3.63, 3.8) is 0 Å². The highest BCUT2D eigenvalue weighted by atomic mass is 19.3. The van der Waals surface area contributed by atoms with Crippen molar-refractivity contribution in [2.45, 2.75) is 5.92 Å². The number of carbonyl (C=O) groups excluding carboxylic acids is 1. The number of nitrogens with one attached hydrogen (secondary N) is 2. The summed E-state index contributed by atoms with van der Waals surface area (Å²) in [7, 11) is 1.42. The van der Waals surface area contributed by atoms with Gasteiger partial charge in [-0.1, -0.05) is 12.1 Å². The molecule has 1 fully saturated rings. The Morgan fingerprint density at radius 1 is 1.27 bits per heavy atom. The van der Waals surface area contributed by atoms with Gasteiger partial charge in [-0.25, -0.2) is 13.8 Å². The van der Waals surface area contributed by atoms with Crippen LogP contribution < -0.4 is 10.1 Å². The highest BCUT2D eigenvalue weighted by Crippen LogP contribution is 2.31. The van der Waals surface area contributed by atoms with Gasteiger partial charge in [-0.3, -0.25) is 9.89 Å². The number of alkyl halides is 2. The number of aromatic nitrogens is 3. The second-order valence-electron chi connectivity index (χ2n) is 6.01. The van der Waals surface area contributed by atoms with Gasteiger partial charge in [-0.2, -0.15) is 5.10 Å². The van der Waals surface area contributed by atoms with Crippen molar-refractivity contribution in [2.75, 3.05) is 25.5 Å². The average Bonchev–Trinajstić information content (AvgIpc) is 3.02. The predicted octanol–water partition coefficient (Wildman–Crippen LogP) is 2.80. The van der Waals surface area contributed by atoms with Gasteiger partial charge < -0.3 is 15.0 Å². The molecule has 0 atom stereocenters. The van der Waals surface area contributed by atoms with Crippen LogP contribution in [0.1, 0.15) is 10.5 Å². The van der Waals surface area contributed by atoms with Crippen LogP contribution in [0.15, 0.2) is 36.4 Å². The molecule has 1 amide bonds. The highest BCUT2D eigenvalue weighted by molar-refractivity contribution is 5.94. The molecule has 0 saturated carbocycles. The van der Waals surface area contributed by atoms with E-state index >= 15 is 0 Å². The van der Waals surface area contributed by atoms with Gasteiger partial charge in [0.15, 0.2) is 5.82 Å². The summed E-state index contributed by atoms with van der Waals surface area (Å²) in [6, 6.07) is 10.7. The van der Waals surface area contributed by atoms with Crippen LogP contribution in [0.25, 0.3) is 10.9 Å². The largest absolute Gasteiger partial charge is 0.479 e. The highest BCUT2D eigenvalue weighted by Gasteiger charge is 2.46. The smallest absolute Gasteiger partial charge is 0.282 e. The first-order valence-corrected chi connectivity index (χ1v) is 7.89. The van der Waals surface area contributed by atoms with Crippen molar-refractivity contribution in [2.24, 2.45) is 0 Å². The first kappa shape index (κ1) is 16.2. The molecular formula is C17H15F2N5O2. The molecule has 0 unspecified atom stereocenters. The van der Waals surface area contributed by atoms with Crippen LogP contribution in [-0.2, 0) is 0 Å². The Morgan fingerprint density at radius 2 is 2.04 bits per heavy atom. The van der Waals surface area contributed by atoms with Crippen LogP contribution in [0.3, 0.4) is 0 Å². The molecule has 7 nitrogen and oxygen atoms in total. The minimum absolute atomic E-state index is 0.0507. The molecule has 0 radical (unpaired) electrons. The maximum Gasteiger partial charge on any atom is 0.282 e. The van der Waals surface area contributed by atoms with Gasteiger partial charge in [0, 0.05) is 5.39 Å². The zero-order valence-electron chi connectivity index (χ0n) is 13.8. The van der Waals surface area contributed by atoms with E-state index in [4.69, 9.17) is 4.74 Å². The number of aromatic amines is 1. The molecule has 1 saturated heterocycles. The number of ether oxygens (including phenoxy) is 1. The molecule has 1 aromatic carbocycles. The van der Waals surface area contributed by atoms with E-state index in [0.29, 0.717) is 11.5 Å². The number of nitrogens with zero attached hydrogens (tertiary/aromatic N) is 3. The Labute approximate surface area is 147 Å². The van der Waals surface area contributed by atoms with Gasteiger partial charge in [0.2, 0.25) is 5.88 Å². The number of anilines is 2. The van der Waals surface area contributed by atoms with Crippen LogP contribution in [-0.4, -0.2) is 52.1 Å². The second kappa shape index (κ2) is 5.94. The van der Waals surface area contributed by atoms with Crippen molar-refractivity contribution in [3.8, 4) is 5.88 Å². The third-order valence-electron chi connectivity index (χ3n) is 4.13. The molecule has 26 heavy (non-hydrogen) atoms. The summed E-state index contributed by atoms with van der Waals surface area (Å²) in [6.07, 6.45) is 0. The second-order valence-corrected chi connectivity index (χ2v) is 6.01. The Hall–Kier alpha value is -3.23. The number of pyridine rings is 1. The Balaban J connectivity index is 1.59. The predicted molar refractivity (Wildman–Crippen MR) is 91.0 cm³/mol. The molecule has 9 heteroatoms. The summed E-state index contributed by atoms with van der Waals surface area (Å²) in [5.41, 5.74) is 1.43. The molecular weight excluding hydrogens is 344 g/mol. The number of benzene rings is 1. The number of carbonyl (C=O) groups is 1. The van der Waals surface area contributed by atoms with E-state index in [-0.39, 0.29) is 11.6 Å². The number of para-hydroxylation sites is 1. The molecule has 3 aromatic rings. The molecule has 1 aliphatic heterocycles. The average molecular weight is 359 g/mol. The number of halogens is 2. The van der Waals surface area contributed by atoms with Gasteiger partial charge in [0.05, 0.1) is 25.7 Å². The lowest BCUT2D eigenvalue weighted by atomic mass is 10.1. The lowest BCUT2D eigenvalue weighted by molar-refractivity contribution is -0.113. The number of hydrogen-bond acceptors (Lipinski definition) is 5. The minimum Gasteiger partial charge on any atom is -0.479 e. The number of hydrogen-bond donors (Lipinski definition) is 2. The minimum atomic E-state index is -2.82. The molecule has 0 bridgehead atoms. The van der Waals surface area contributed by atoms with Crippen molar-refractivity contribution < 1.29 is 18.3 Å². The Bertz CT molecular complexity index is 980. The van der Waals surface area contributed by atoms with Crippen LogP contribution in [0.2, 0.25) is 0 Å². The van der Waals surface area contributed by atoms with Crippen LogP contribution in [0.5, 0.6) is 5.88 Å². The monoisotopic (exact) mass is 359 g/mol. The SMILES string of the molecule is COc1nc(C(=O)N2CC(F)(F)C2)ccc1Nc1n[nH]c2ccccc12. The standard InChI is InChI=1S/C17H15F2N5O2/c1-26-15-12(20-14-10-4-2-3-5-11(10)22-23-14)6-7-13(21-15)16(25)24-8-17(18,19)9-24/h2-7H,8-9H2,1H3,(H2,20,22,23). The van der Waals surface area contributed by atoms with E-state index < -0.39 is 24.9 Å². The molecule has 0 aliphatic carbocycles. The van der Waals surface area contributed by atoms with Crippen molar-refractivity contribution in [1.82, 2.24) is 20.1 Å². The third kappa shape index (κ3) is 2.81. The molecule has 3 heterocycles. The van der Waals surface area contributed by atoms with E-state index in [2.05, 4.69) is 20.5 Å². The fourth-order valence-electron chi connectivity index (χ4n) is 2.81. The maximum absolute atomic E-state index is 13.0. The number of rotatable bonds is 4. The zero-order chi connectivity index (χ0) is 18.3. The summed E-state index contributed by atoms with van der Waals surface area (Å²) in [4.78, 5) is 17.4. The topological polar surface area (TPSA) is 83.1 Å². The summed E-state index contributed by atoms with van der Waals surface area (Å²) in [5, 5.41) is 11.1. The maximum atomic E-state index is 13.0. The summed E-state index contributed by atoms with van der Waals surface area (Å²) < 4.78 is 31.1. The molecule has 4 rings (SSSR count). The number of fused-ring (bicyclic) bond motifs is 1. The van der Waals surface area contributed by atoms with Crippen molar-refractivity contribution in [3.05, 3.63) is 42.1 Å². The fourth-order valence-corrected chi connectivity index (χ4v) is 2.81. The van der Waals surface area contributed by atoms with Gasteiger partial charge in [0.1, 0.15) is 11.4 Å². The number of methoxy groups -OCH3 is 1. The summed E-state index contributed by atoms with van der Waals surface area (Å²) in [5.74, 6) is -2.61. The van der Waals surface area contributed by atoms with Crippen molar-refractivity contribution >= 4 is 28.3 Å². The molecule has 2 aromatic heterocycles. The number of likely N-dealkylation sites (tertiary alicyclic amines) is 1. The van der Waals surface area contributed by atoms with Gasteiger partial charge in [0.25, 0.3) is 11.8 Å². The first-order valence-electron chi connectivity index (χ1n) is 7.89. The van der Waals surface area contributed by atoms with Crippen LogP contribution in [0, 0.1) is 0 Å². The van der Waals surface area contributed by atoms with Gasteiger partial charge >= 0.3 is 0 Å². The Morgan fingerprint density at radius 3 is 2.77 bits per heavy atom. The normalized spacial score (nSPS) is 15.6. The third-order valence-corrected chi connectivity index (χ3v) is 4.13. The molecule has 2 N–H and O–H groups in total. The lowest BCUT2D eigenvalue weighted by Gasteiger charge is -2.38. The van der Waals surface area contributed by atoms with E-state index in [1.54, 1.807) is 6.07 Å². The summed E-state index contributed by atoms with van der Waals surface area (Å²) >= 11 is 0. The molecule has 134 valence electrons. The van der Waals surface area contributed by atoms with Crippen LogP contribution in [0.4, 0.5) is 20.3 Å². The van der Waals surface area contributed by atoms with E-state index in [1.165, 1.54) is 13.2 Å². The summed E-state index contributed by atoms with van der Waals surface area (Å²) in [6.45, 7) is -1.18. The fraction of sp³-hybridized carbons (Fsp3) is 0.235. The zero-order valence-corrected chi connectivity index (χ0v) is 13.8. The number of amides is 1. The van der Waals surface area contributed by atoms with E-state index in [0.717, 1.165) is 15.8 Å². The van der Waals surface area contributed by atoms with E-state index in [1.807, 2.05) is 24.3 Å². The van der Waals surface area contributed by atoms with Crippen LogP contribution >= 0.6 is 0 Å². The number of H-pyrrole nitrogens is 1. The first-order chi connectivity index (χ1) is 12.5. The van der Waals surface area contributed by atoms with Gasteiger partial charge in [-0.15, -0.1) is 0 Å². The van der Waals surface area contributed by atoms with Crippen molar-refractivity contribution in [1.29, 1.82) is 0 Å². The van der Waals surface area contributed by atoms with E-state index in [9.17, 15) is 13.6 Å².